The number of pyridine rings is 2. The normalized spacial score (nSPS) is 11.2. The first-order valence-electron chi connectivity index (χ1n) is 11.1. The molecule has 0 atom stereocenters. The van der Waals surface area contributed by atoms with Gasteiger partial charge in [-0.1, -0.05) is 48.5 Å². The highest BCUT2D eigenvalue weighted by molar-refractivity contribution is 5.93. The highest BCUT2D eigenvalue weighted by Crippen LogP contribution is 2.28. The van der Waals surface area contributed by atoms with E-state index in [2.05, 4.69) is 47.6 Å². The summed E-state index contributed by atoms with van der Waals surface area (Å²) in [4.78, 5) is 20.4. The van der Waals surface area contributed by atoms with Crippen molar-refractivity contribution >= 4 is 27.6 Å². The second-order valence-electron chi connectivity index (χ2n) is 7.84. The maximum Gasteiger partial charge on any atom is 0.191 e. The van der Waals surface area contributed by atoms with E-state index in [0.717, 1.165) is 40.9 Å². The van der Waals surface area contributed by atoms with Crippen molar-refractivity contribution in [1.29, 1.82) is 0 Å². The summed E-state index contributed by atoms with van der Waals surface area (Å²) in [6, 6.07) is 30.1. The number of hydrogen-bond donors (Lipinski definition) is 0. The number of hydrogen-bond acceptors (Lipinski definition) is 3. The summed E-state index contributed by atoms with van der Waals surface area (Å²) < 4.78 is 2.10. The number of fused-ring (bicyclic) bond motifs is 2. The molecule has 0 radical (unpaired) electrons. The van der Waals surface area contributed by atoms with Gasteiger partial charge >= 0.3 is 0 Å². The molecule has 0 fully saturated rings. The van der Waals surface area contributed by atoms with Crippen molar-refractivity contribution in [2.45, 2.75) is 13.8 Å². The largest absolute Gasteiger partial charge is 0.372 e. The van der Waals surface area contributed by atoms with Crippen LogP contribution in [0.15, 0.2) is 95.8 Å². The van der Waals surface area contributed by atoms with Crippen LogP contribution >= 0.6 is 0 Å². The molecule has 2 aromatic heterocycles. The van der Waals surface area contributed by atoms with Gasteiger partial charge < -0.3 is 4.90 Å². The molecule has 3 aromatic carbocycles. The van der Waals surface area contributed by atoms with E-state index in [1.54, 1.807) is 6.07 Å². The first kappa shape index (κ1) is 20.0. The molecule has 4 nitrogen and oxygen atoms in total. The molecule has 0 aliphatic rings. The van der Waals surface area contributed by atoms with E-state index in [4.69, 9.17) is 4.98 Å². The minimum atomic E-state index is -0.0203. The molecular formula is C28H25N3O. The Kier molecular flexibility index (Phi) is 5.20. The number of para-hydroxylation sites is 1. The third-order valence-electron chi connectivity index (χ3n) is 6.00. The molecule has 2 heterocycles. The first-order valence-corrected chi connectivity index (χ1v) is 11.1. The van der Waals surface area contributed by atoms with Crippen molar-refractivity contribution in [1.82, 2.24) is 9.55 Å². The zero-order valence-corrected chi connectivity index (χ0v) is 18.3. The Balaban J connectivity index is 1.83. The Morgan fingerprint density at radius 1 is 0.812 bits per heavy atom. The molecule has 0 saturated heterocycles. The Bertz CT molecular complexity index is 1450. The molecule has 0 amide bonds. The molecule has 158 valence electrons. The summed E-state index contributed by atoms with van der Waals surface area (Å²) in [6.07, 6.45) is 0. The minimum Gasteiger partial charge on any atom is -0.372 e. The van der Waals surface area contributed by atoms with E-state index in [1.807, 2.05) is 60.7 Å². The van der Waals surface area contributed by atoms with E-state index < -0.39 is 0 Å². The number of anilines is 1. The third-order valence-corrected chi connectivity index (χ3v) is 6.00. The summed E-state index contributed by atoms with van der Waals surface area (Å²) >= 11 is 0. The molecule has 0 aliphatic carbocycles. The number of rotatable bonds is 5. The van der Waals surface area contributed by atoms with Gasteiger partial charge in [0.15, 0.2) is 5.43 Å². The fourth-order valence-electron chi connectivity index (χ4n) is 4.32. The lowest BCUT2D eigenvalue weighted by atomic mass is 10.1. The summed E-state index contributed by atoms with van der Waals surface area (Å²) in [5.41, 5.74) is 5.50. The van der Waals surface area contributed by atoms with Crippen LogP contribution in [0.1, 0.15) is 13.8 Å². The van der Waals surface area contributed by atoms with Gasteiger partial charge in [-0.3, -0.25) is 9.36 Å². The lowest BCUT2D eigenvalue weighted by Gasteiger charge is -2.22. The van der Waals surface area contributed by atoms with Crippen LogP contribution in [0.2, 0.25) is 0 Å². The van der Waals surface area contributed by atoms with Gasteiger partial charge in [-0.15, -0.1) is 0 Å². The minimum absolute atomic E-state index is 0.0203. The van der Waals surface area contributed by atoms with Crippen molar-refractivity contribution in [3.8, 4) is 16.9 Å². The van der Waals surface area contributed by atoms with Gasteiger partial charge in [-0.2, -0.15) is 0 Å². The molecule has 5 rings (SSSR count). The van der Waals surface area contributed by atoms with E-state index in [9.17, 15) is 4.79 Å². The van der Waals surface area contributed by atoms with E-state index in [-0.39, 0.29) is 5.43 Å². The molecule has 0 unspecified atom stereocenters. The molecular weight excluding hydrogens is 394 g/mol. The maximum atomic E-state index is 13.2. The number of aromatic nitrogens is 2. The monoisotopic (exact) mass is 419 g/mol. The fraction of sp³-hybridized carbons (Fsp3) is 0.143. The average molecular weight is 420 g/mol. The van der Waals surface area contributed by atoms with E-state index in [1.165, 1.54) is 5.69 Å². The smallest absolute Gasteiger partial charge is 0.191 e. The molecule has 0 saturated carbocycles. The summed E-state index contributed by atoms with van der Waals surface area (Å²) in [5.74, 6) is 0. The Morgan fingerprint density at radius 2 is 1.50 bits per heavy atom. The van der Waals surface area contributed by atoms with Crippen LogP contribution in [0.4, 0.5) is 5.69 Å². The Morgan fingerprint density at radius 3 is 2.22 bits per heavy atom. The molecule has 0 bridgehead atoms. The molecule has 4 heteroatoms. The zero-order valence-electron chi connectivity index (χ0n) is 18.3. The van der Waals surface area contributed by atoms with Gasteiger partial charge in [-0.25, -0.2) is 4.98 Å². The van der Waals surface area contributed by atoms with Gasteiger partial charge in [0, 0.05) is 35.9 Å². The van der Waals surface area contributed by atoms with Crippen molar-refractivity contribution in [2.75, 3.05) is 18.0 Å². The van der Waals surface area contributed by atoms with Crippen molar-refractivity contribution in [2.24, 2.45) is 0 Å². The second kappa shape index (κ2) is 8.31. The predicted octanol–water partition coefficient (Wildman–Crippen LogP) is 6.05. The van der Waals surface area contributed by atoms with Crippen molar-refractivity contribution in [3.05, 3.63) is 101 Å². The van der Waals surface area contributed by atoms with E-state index >= 15 is 0 Å². The molecule has 5 aromatic rings. The lowest BCUT2D eigenvalue weighted by Crippen LogP contribution is -2.21. The van der Waals surface area contributed by atoms with Crippen LogP contribution in [-0.2, 0) is 0 Å². The van der Waals surface area contributed by atoms with Gasteiger partial charge in [0.1, 0.15) is 5.65 Å². The van der Waals surface area contributed by atoms with Gasteiger partial charge in [0.05, 0.1) is 16.6 Å². The van der Waals surface area contributed by atoms with Crippen molar-refractivity contribution in [3.63, 3.8) is 0 Å². The van der Waals surface area contributed by atoms with Crippen LogP contribution in [0.3, 0.4) is 0 Å². The quantitative estimate of drug-likeness (QED) is 0.325. The topological polar surface area (TPSA) is 38.1 Å². The third kappa shape index (κ3) is 3.44. The zero-order chi connectivity index (χ0) is 22.1. The summed E-state index contributed by atoms with van der Waals surface area (Å²) in [7, 11) is 0. The summed E-state index contributed by atoms with van der Waals surface area (Å²) in [5, 5.41) is 1.59. The van der Waals surface area contributed by atoms with Gasteiger partial charge in [0.2, 0.25) is 0 Å². The Labute approximate surface area is 187 Å². The van der Waals surface area contributed by atoms with Crippen LogP contribution < -0.4 is 10.3 Å². The van der Waals surface area contributed by atoms with E-state index in [0.29, 0.717) is 11.0 Å². The molecule has 0 spiro atoms. The lowest BCUT2D eigenvalue weighted by molar-refractivity contribution is 0.866. The SMILES string of the molecule is CCN(CC)c1ccc(-n2c(-c3ccccc3)cc(=O)c3cc4ccccc4nc32)cc1. The van der Waals surface area contributed by atoms with Crippen LogP contribution in [0.25, 0.3) is 38.9 Å². The van der Waals surface area contributed by atoms with Gasteiger partial charge in [0.25, 0.3) is 0 Å². The van der Waals surface area contributed by atoms with Crippen molar-refractivity contribution < 1.29 is 0 Å². The number of nitrogens with zero attached hydrogens (tertiary/aromatic N) is 3. The van der Waals surface area contributed by atoms with Crippen LogP contribution in [-0.4, -0.2) is 22.6 Å². The standard InChI is InChI=1S/C28H25N3O/c1-3-30(4-2)22-14-16-23(17-15-22)31-26(20-10-6-5-7-11-20)19-27(32)24-18-21-12-8-9-13-25(21)29-28(24)31/h5-19H,3-4H2,1-2H3. The van der Waals surface area contributed by atoms with Crippen LogP contribution in [0, 0.1) is 0 Å². The summed E-state index contributed by atoms with van der Waals surface area (Å²) in [6.45, 7) is 6.24. The maximum absolute atomic E-state index is 13.2. The predicted molar refractivity (Wildman–Crippen MR) is 134 cm³/mol. The fourth-order valence-corrected chi connectivity index (χ4v) is 4.32. The van der Waals surface area contributed by atoms with Crippen LogP contribution in [0.5, 0.6) is 0 Å². The number of benzene rings is 3. The molecule has 0 aliphatic heterocycles. The average Bonchev–Trinajstić information content (AvgIpc) is 2.85. The molecule has 32 heavy (non-hydrogen) atoms. The molecule has 0 N–H and O–H groups in total. The second-order valence-corrected chi connectivity index (χ2v) is 7.84. The highest BCUT2D eigenvalue weighted by atomic mass is 16.1. The van der Waals surface area contributed by atoms with Gasteiger partial charge in [-0.05, 0) is 55.8 Å². The highest BCUT2D eigenvalue weighted by Gasteiger charge is 2.15. The Hall–Kier alpha value is -3.92. The first-order chi connectivity index (χ1) is 15.7.